The Bertz CT molecular complexity index is 393. The van der Waals surface area contributed by atoms with Gasteiger partial charge in [0.05, 0.1) is 17.8 Å². The van der Waals surface area contributed by atoms with Crippen LogP contribution < -0.4 is 10.6 Å². The molecule has 1 rings (SSSR count). The number of hydrogen-bond acceptors (Lipinski definition) is 4. The third-order valence-electron chi connectivity index (χ3n) is 2.68. The number of rotatable bonds is 4. The highest BCUT2D eigenvalue weighted by Crippen LogP contribution is 2.24. The van der Waals surface area contributed by atoms with E-state index in [9.17, 15) is 5.11 Å². The molecule has 0 aliphatic heterocycles. The van der Waals surface area contributed by atoms with Crippen molar-refractivity contribution in [3.63, 3.8) is 0 Å². The van der Waals surface area contributed by atoms with E-state index in [1.165, 1.54) is 0 Å². The second-order valence-corrected chi connectivity index (χ2v) is 4.70. The van der Waals surface area contributed by atoms with Crippen molar-refractivity contribution in [1.29, 1.82) is 0 Å². The lowest BCUT2D eigenvalue weighted by molar-refractivity contribution is 0.216. The number of hydrogen-bond donors (Lipinski definition) is 2. The smallest absolute Gasteiger partial charge is 0.124 e. The average Bonchev–Trinajstić information content (AvgIpc) is 2.28. The summed E-state index contributed by atoms with van der Waals surface area (Å²) in [6, 6.07) is 3.71. The van der Waals surface area contributed by atoms with Crippen LogP contribution >= 0.6 is 12.2 Å². The van der Waals surface area contributed by atoms with Gasteiger partial charge in [-0.3, -0.25) is 4.98 Å². The Kier molecular flexibility index (Phi) is 3.83. The topological polar surface area (TPSA) is 62.4 Å². The Hall–Kier alpha value is -1.20. The number of aliphatic hydroxyl groups excluding tert-OH is 1. The standard InChI is InChI=1S/C11H17N3OS/c1-11(2,7-15)14(3)8-5-4-6-13-9(8)10(12)16/h4-6,15H,7H2,1-3H3,(H2,12,16). The maximum atomic E-state index is 9.33. The van der Waals surface area contributed by atoms with Crippen LogP contribution in [0.15, 0.2) is 18.3 Å². The Labute approximate surface area is 101 Å². The number of thiocarbonyl (C=S) groups is 1. The lowest BCUT2D eigenvalue weighted by Gasteiger charge is -2.36. The minimum atomic E-state index is -0.386. The molecule has 1 aromatic rings. The number of likely N-dealkylation sites (N-methyl/N-ethyl adjacent to an activating group) is 1. The molecule has 0 fully saturated rings. The number of aromatic nitrogens is 1. The zero-order valence-electron chi connectivity index (χ0n) is 9.77. The molecule has 0 atom stereocenters. The van der Waals surface area contributed by atoms with Crippen molar-refractivity contribution < 1.29 is 5.11 Å². The Morgan fingerprint density at radius 2 is 2.25 bits per heavy atom. The molecule has 0 aliphatic carbocycles. The lowest BCUT2D eigenvalue weighted by Crippen LogP contribution is -2.45. The third-order valence-corrected chi connectivity index (χ3v) is 2.87. The Morgan fingerprint density at radius 3 is 2.75 bits per heavy atom. The van der Waals surface area contributed by atoms with Crippen LogP contribution in [-0.4, -0.2) is 34.3 Å². The zero-order chi connectivity index (χ0) is 12.3. The Balaban J connectivity index is 3.18. The van der Waals surface area contributed by atoms with Gasteiger partial charge in [-0.05, 0) is 26.0 Å². The SMILES string of the molecule is CN(c1cccnc1C(N)=S)C(C)(C)CO. The van der Waals surface area contributed by atoms with Crippen LogP contribution in [0.3, 0.4) is 0 Å². The first kappa shape index (κ1) is 12.9. The van der Waals surface area contributed by atoms with E-state index in [4.69, 9.17) is 18.0 Å². The van der Waals surface area contributed by atoms with Gasteiger partial charge in [-0.25, -0.2) is 0 Å². The van der Waals surface area contributed by atoms with E-state index < -0.39 is 0 Å². The zero-order valence-corrected chi connectivity index (χ0v) is 10.6. The van der Waals surface area contributed by atoms with Gasteiger partial charge < -0.3 is 15.7 Å². The van der Waals surface area contributed by atoms with E-state index in [2.05, 4.69) is 4.98 Å². The van der Waals surface area contributed by atoms with Gasteiger partial charge in [0, 0.05) is 13.2 Å². The minimum Gasteiger partial charge on any atom is -0.394 e. The van der Waals surface area contributed by atoms with Gasteiger partial charge >= 0.3 is 0 Å². The first-order valence-corrected chi connectivity index (χ1v) is 5.40. The van der Waals surface area contributed by atoms with Gasteiger partial charge in [-0.15, -0.1) is 0 Å². The number of anilines is 1. The molecule has 0 spiro atoms. The molecule has 0 aliphatic rings. The van der Waals surface area contributed by atoms with E-state index in [1.807, 2.05) is 37.9 Å². The van der Waals surface area contributed by atoms with Gasteiger partial charge in [0.25, 0.3) is 0 Å². The highest BCUT2D eigenvalue weighted by molar-refractivity contribution is 7.80. The molecule has 0 bridgehead atoms. The number of pyridine rings is 1. The highest BCUT2D eigenvalue weighted by atomic mass is 32.1. The maximum Gasteiger partial charge on any atom is 0.124 e. The molecule has 0 amide bonds. The minimum absolute atomic E-state index is 0.0369. The van der Waals surface area contributed by atoms with E-state index in [-0.39, 0.29) is 17.1 Å². The molecular weight excluding hydrogens is 222 g/mol. The maximum absolute atomic E-state index is 9.33. The van der Waals surface area contributed by atoms with Crippen molar-refractivity contribution >= 4 is 22.9 Å². The lowest BCUT2D eigenvalue weighted by atomic mass is 10.0. The normalized spacial score (nSPS) is 11.2. The molecule has 0 aromatic carbocycles. The molecular formula is C11H17N3OS. The molecule has 5 heteroatoms. The molecule has 1 heterocycles. The molecule has 1 aromatic heterocycles. The predicted molar refractivity (Wildman–Crippen MR) is 69.7 cm³/mol. The summed E-state index contributed by atoms with van der Waals surface area (Å²) in [7, 11) is 1.88. The molecule has 16 heavy (non-hydrogen) atoms. The van der Waals surface area contributed by atoms with E-state index >= 15 is 0 Å². The molecule has 88 valence electrons. The summed E-state index contributed by atoms with van der Waals surface area (Å²) in [5.41, 5.74) is 6.64. The molecule has 0 radical (unpaired) electrons. The third kappa shape index (κ3) is 2.48. The quantitative estimate of drug-likeness (QED) is 0.765. The fourth-order valence-corrected chi connectivity index (χ4v) is 1.45. The van der Waals surface area contributed by atoms with Crippen LogP contribution in [0.4, 0.5) is 5.69 Å². The fraction of sp³-hybridized carbons (Fsp3) is 0.455. The summed E-state index contributed by atoms with van der Waals surface area (Å²) in [4.78, 5) is 6.34. The largest absolute Gasteiger partial charge is 0.394 e. The summed E-state index contributed by atoms with van der Waals surface area (Å²) >= 11 is 4.95. The summed E-state index contributed by atoms with van der Waals surface area (Å²) in [5, 5.41) is 9.33. The van der Waals surface area contributed by atoms with Gasteiger partial charge in [-0.2, -0.15) is 0 Å². The summed E-state index contributed by atoms with van der Waals surface area (Å²) in [6.45, 7) is 3.90. The van der Waals surface area contributed by atoms with Gasteiger partial charge in [-0.1, -0.05) is 12.2 Å². The molecule has 0 saturated heterocycles. The van der Waals surface area contributed by atoms with Crippen LogP contribution in [0.1, 0.15) is 19.5 Å². The van der Waals surface area contributed by atoms with Crippen molar-refractivity contribution in [1.82, 2.24) is 4.98 Å². The molecule has 4 nitrogen and oxygen atoms in total. The Morgan fingerprint density at radius 1 is 1.62 bits per heavy atom. The summed E-state index contributed by atoms with van der Waals surface area (Å²) in [5.74, 6) is 0. The monoisotopic (exact) mass is 239 g/mol. The van der Waals surface area contributed by atoms with Crippen molar-refractivity contribution in [2.75, 3.05) is 18.6 Å². The molecule has 0 unspecified atom stereocenters. The average molecular weight is 239 g/mol. The van der Waals surface area contributed by atoms with E-state index in [0.717, 1.165) is 5.69 Å². The highest BCUT2D eigenvalue weighted by Gasteiger charge is 2.25. The van der Waals surface area contributed by atoms with Crippen molar-refractivity contribution in [2.24, 2.45) is 5.73 Å². The van der Waals surface area contributed by atoms with Crippen LogP contribution in [0, 0.1) is 0 Å². The van der Waals surface area contributed by atoms with Gasteiger partial charge in [0.15, 0.2) is 0 Å². The van der Waals surface area contributed by atoms with Gasteiger partial charge in [0.2, 0.25) is 0 Å². The van der Waals surface area contributed by atoms with Crippen LogP contribution in [-0.2, 0) is 0 Å². The number of nitrogens with two attached hydrogens (primary N) is 1. The number of nitrogens with zero attached hydrogens (tertiary/aromatic N) is 2. The summed E-state index contributed by atoms with van der Waals surface area (Å²) in [6.07, 6.45) is 1.65. The van der Waals surface area contributed by atoms with Gasteiger partial charge in [0.1, 0.15) is 10.7 Å². The van der Waals surface area contributed by atoms with Crippen LogP contribution in [0.2, 0.25) is 0 Å². The first-order valence-electron chi connectivity index (χ1n) is 4.99. The first-order chi connectivity index (χ1) is 7.40. The number of aliphatic hydroxyl groups is 1. The van der Waals surface area contributed by atoms with Crippen LogP contribution in [0.5, 0.6) is 0 Å². The second kappa shape index (κ2) is 4.76. The van der Waals surface area contributed by atoms with E-state index in [0.29, 0.717) is 5.69 Å². The molecule has 0 saturated carbocycles. The van der Waals surface area contributed by atoms with Crippen molar-refractivity contribution in [3.8, 4) is 0 Å². The predicted octanol–water partition coefficient (Wildman–Crippen LogP) is 0.923. The second-order valence-electron chi connectivity index (χ2n) is 4.26. The van der Waals surface area contributed by atoms with E-state index in [1.54, 1.807) is 6.20 Å². The fourth-order valence-electron chi connectivity index (χ4n) is 1.29. The van der Waals surface area contributed by atoms with Crippen LogP contribution in [0.25, 0.3) is 0 Å². The molecule has 3 N–H and O–H groups in total. The van der Waals surface area contributed by atoms with Crippen molar-refractivity contribution in [2.45, 2.75) is 19.4 Å². The summed E-state index contributed by atoms with van der Waals surface area (Å²) < 4.78 is 0. The van der Waals surface area contributed by atoms with Crippen molar-refractivity contribution in [3.05, 3.63) is 24.0 Å².